The molecular weight excluding hydrogens is 578 g/mol. The zero-order valence-corrected chi connectivity index (χ0v) is 22.7. The first-order valence-corrected chi connectivity index (χ1v) is 12.5. The quantitative estimate of drug-likeness (QED) is 0.368. The van der Waals surface area contributed by atoms with Crippen molar-refractivity contribution in [2.45, 2.75) is 18.6 Å². The number of rotatable bonds is 7. The van der Waals surface area contributed by atoms with Crippen molar-refractivity contribution >= 4 is 62.3 Å². The summed E-state index contributed by atoms with van der Waals surface area (Å²) in [5.41, 5.74) is 0.833. The van der Waals surface area contributed by atoms with Gasteiger partial charge >= 0.3 is 0 Å². The molecule has 0 unspecified atom stereocenters. The van der Waals surface area contributed by atoms with E-state index in [4.69, 9.17) is 30.5 Å². The first kappa shape index (κ1) is 27.1. The Hall–Kier alpha value is -1.95. The SMILES string of the molecule is COc1cc2c(Nc3cc(Cl)c(Br)cc3F)ncnc2cc1OCC[C@H]1CN2CCOC[C@H]2CO1.Cl. The second kappa shape index (κ2) is 12.1. The lowest BCUT2D eigenvalue weighted by Crippen LogP contribution is -2.55. The Labute approximate surface area is 228 Å². The van der Waals surface area contributed by atoms with Gasteiger partial charge in [0.1, 0.15) is 18.0 Å². The van der Waals surface area contributed by atoms with Gasteiger partial charge in [-0.25, -0.2) is 14.4 Å². The number of halogens is 4. The molecule has 0 spiro atoms. The molecule has 12 heteroatoms. The van der Waals surface area contributed by atoms with E-state index in [1.54, 1.807) is 19.2 Å². The fraction of sp³-hybridized carbons (Fsp3) is 0.417. The van der Waals surface area contributed by atoms with E-state index in [0.29, 0.717) is 57.0 Å². The lowest BCUT2D eigenvalue weighted by atomic mass is 10.1. The molecule has 1 N–H and O–H groups in total. The Morgan fingerprint density at radius 3 is 2.92 bits per heavy atom. The molecule has 3 aromatic rings. The maximum absolute atomic E-state index is 14.5. The predicted molar refractivity (Wildman–Crippen MR) is 142 cm³/mol. The van der Waals surface area contributed by atoms with E-state index < -0.39 is 5.82 Å². The van der Waals surface area contributed by atoms with Crippen LogP contribution in [-0.2, 0) is 9.47 Å². The molecular formula is C24H26BrCl2FN4O4. The number of hydrogen-bond donors (Lipinski definition) is 1. The number of benzene rings is 2. The normalized spacial score (nSPS) is 19.9. The van der Waals surface area contributed by atoms with Crippen LogP contribution in [0.1, 0.15) is 6.42 Å². The fourth-order valence-electron chi connectivity index (χ4n) is 4.30. The van der Waals surface area contributed by atoms with E-state index in [-0.39, 0.29) is 24.2 Å². The van der Waals surface area contributed by atoms with Gasteiger partial charge in [-0.05, 0) is 34.1 Å². The average molecular weight is 604 g/mol. The Morgan fingerprint density at radius 2 is 2.08 bits per heavy atom. The number of anilines is 2. The second-order valence-electron chi connectivity index (χ2n) is 8.43. The van der Waals surface area contributed by atoms with Gasteiger partial charge in [-0.2, -0.15) is 0 Å². The van der Waals surface area contributed by atoms with Crippen LogP contribution in [0.15, 0.2) is 35.1 Å². The predicted octanol–water partition coefficient (Wildman–Crippen LogP) is 5.23. The molecule has 0 amide bonds. The number of morpholine rings is 2. The van der Waals surface area contributed by atoms with E-state index >= 15 is 0 Å². The van der Waals surface area contributed by atoms with Gasteiger partial charge in [0.25, 0.3) is 0 Å². The smallest absolute Gasteiger partial charge is 0.163 e. The molecule has 5 rings (SSSR count). The van der Waals surface area contributed by atoms with Gasteiger partial charge in [0.15, 0.2) is 11.5 Å². The summed E-state index contributed by atoms with van der Waals surface area (Å²) in [5, 5.41) is 4.04. The molecule has 0 aliphatic carbocycles. The summed E-state index contributed by atoms with van der Waals surface area (Å²) in [6.07, 6.45) is 2.28. The van der Waals surface area contributed by atoms with Crippen LogP contribution in [0.25, 0.3) is 10.9 Å². The van der Waals surface area contributed by atoms with E-state index in [9.17, 15) is 4.39 Å². The number of ether oxygens (including phenoxy) is 4. The summed E-state index contributed by atoms with van der Waals surface area (Å²) >= 11 is 9.36. The lowest BCUT2D eigenvalue weighted by molar-refractivity contribution is -0.119. The highest BCUT2D eigenvalue weighted by molar-refractivity contribution is 9.10. The first-order valence-electron chi connectivity index (χ1n) is 11.3. The standard InChI is InChI=1S/C24H25BrClFN4O4.ClH/c1-32-22-6-16-20(28-13-29-24(16)30-21-8-18(26)17(25)7-19(21)27)9-23(22)34-4-2-15-10-31-3-5-33-11-14(31)12-35-15;/h6-9,13-15H,2-5,10-12H2,1H3,(H,28,29,30);1H/t14-,15-;/m0./s1. The van der Waals surface area contributed by atoms with Gasteiger partial charge in [0.2, 0.25) is 0 Å². The van der Waals surface area contributed by atoms with Gasteiger partial charge in [-0.15, -0.1) is 12.4 Å². The van der Waals surface area contributed by atoms with Crippen LogP contribution in [0.5, 0.6) is 11.5 Å². The third-order valence-corrected chi connectivity index (χ3v) is 7.39. The fourth-order valence-corrected chi connectivity index (χ4v) is 4.78. The molecule has 2 aliphatic rings. The van der Waals surface area contributed by atoms with Crippen LogP contribution < -0.4 is 14.8 Å². The van der Waals surface area contributed by atoms with Crippen LogP contribution in [0, 0.1) is 5.82 Å². The summed E-state index contributed by atoms with van der Waals surface area (Å²) in [6.45, 7) is 4.48. The Balaban J connectivity index is 0.00000304. The summed E-state index contributed by atoms with van der Waals surface area (Å²) in [4.78, 5) is 11.1. The number of hydrogen-bond acceptors (Lipinski definition) is 8. The van der Waals surface area contributed by atoms with Crippen molar-refractivity contribution in [3.05, 3.63) is 45.9 Å². The number of methoxy groups -OCH3 is 1. The van der Waals surface area contributed by atoms with Crippen LogP contribution in [0.3, 0.4) is 0 Å². The van der Waals surface area contributed by atoms with Crippen molar-refractivity contribution in [1.82, 2.24) is 14.9 Å². The monoisotopic (exact) mass is 602 g/mol. The average Bonchev–Trinajstić information content (AvgIpc) is 2.87. The number of aromatic nitrogens is 2. The molecule has 2 atom stereocenters. The second-order valence-corrected chi connectivity index (χ2v) is 9.69. The maximum atomic E-state index is 14.5. The molecule has 2 aromatic carbocycles. The summed E-state index contributed by atoms with van der Waals surface area (Å²) in [6, 6.07) is 6.73. The Kier molecular flexibility index (Phi) is 9.08. The highest BCUT2D eigenvalue weighted by Crippen LogP contribution is 2.36. The summed E-state index contributed by atoms with van der Waals surface area (Å²) in [7, 11) is 1.57. The minimum absolute atomic E-state index is 0. The van der Waals surface area contributed by atoms with E-state index in [0.717, 1.165) is 32.7 Å². The van der Waals surface area contributed by atoms with Gasteiger partial charge in [-0.3, -0.25) is 4.90 Å². The van der Waals surface area contributed by atoms with Gasteiger partial charge < -0.3 is 24.3 Å². The van der Waals surface area contributed by atoms with Crippen molar-refractivity contribution in [3.63, 3.8) is 0 Å². The van der Waals surface area contributed by atoms with Crippen LogP contribution >= 0.6 is 39.9 Å². The molecule has 3 heterocycles. The van der Waals surface area contributed by atoms with Crippen LogP contribution in [-0.4, -0.2) is 73.6 Å². The Morgan fingerprint density at radius 1 is 1.22 bits per heavy atom. The molecule has 36 heavy (non-hydrogen) atoms. The molecule has 2 fully saturated rings. The topological polar surface area (TPSA) is 78.0 Å². The third-order valence-electron chi connectivity index (χ3n) is 6.19. The van der Waals surface area contributed by atoms with E-state index in [2.05, 4.69) is 36.1 Å². The highest BCUT2D eigenvalue weighted by atomic mass is 79.9. The minimum Gasteiger partial charge on any atom is -0.493 e. The van der Waals surface area contributed by atoms with Crippen molar-refractivity contribution < 1.29 is 23.3 Å². The zero-order chi connectivity index (χ0) is 24.4. The molecule has 0 bridgehead atoms. The molecule has 2 saturated heterocycles. The summed E-state index contributed by atoms with van der Waals surface area (Å²) < 4.78 is 38.1. The first-order chi connectivity index (χ1) is 17.0. The maximum Gasteiger partial charge on any atom is 0.163 e. The van der Waals surface area contributed by atoms with Crippen molar-refractivity contribution in [2.24, 2.45) is 0 Å². The lowest BCUT2D eigenvalue weighted by Gasteiger charge is -2.42. The minimum atomic E-state index is -0.465. The van der Waals surface area contributed by atoms with E-state index in [1.165, 1.54) is 18.5 Å². The molecule has 0 radical (unpaired) electrons. The summed E-state index contributed by atoms with van der Waals surface area (Å²) in [5.74, 6) is 1.06. The number of nitrogens with one attached hydrogen (secondary N) is 1. The van der Waals surface area contributed by atoms with Crippen LogP contribution in [0.2, 0.25) is 5.02 Å². The number of fused-ring (bicyclic) bond motifs is 2. The highest BCUT2D eigenvalue weighted by Gasteiger charge is 2.31. The van der Waals surface area contributed by atoms with Gasteiger partial charge in [0, 0.05) is 35.4 Å². The van der Waals surface area contributed by atoms with Crippen LogP contribution in [0.4, 0.5) is 15.9 Å². The molecule has 0 saturated carbocycles. The molecule has 194 valence electrons. The van der Waals surface area contributed by atoms with Crippen molar-refractivity contribution in [3.8, 4) is 11.5 Å². The van der Waals surface area contributed by atoms with Gasteiger partial charge in [-0.1, -0.05) is 11.6 Å². The van der Waals surface area contributed by atoms with Crippen molar-refractivity contribution in [2.75, 3.05) is 51.9 Å². The van der Waals surface area contributed by atoms with Crippen molar-refractivity contribution in [1.29, 1.82) is 0 Å². The van der Waals surface area contributed by atoms with E-state index in [1.807, 2.05) is 0 Å². The third kappa shape index (κ3) is 5.95. The largest absolute Gasteiger partial charge is 0.493 e. The number of nitrogens with zero attached hydrogens (tertiary/aromatic N) is 3. The molecule has 8 nitrogen and oxygen atoms in total. The molecule has 2 aliphatic heterocycles. The Bertz CT molecular complexity index is 1220. The zero-order valence-electron chi connectivity index (χ0n) is 19.5. The van der Waals surface area contributed by atoms with Gasteiger partial charge in [0.05, 0.1) is 61.9 Å². The molecule has 1 aromatic heterocycles.